The van der Waals surface area contributed by atoms with Gasteiger partial charge >= 0.3 is 0 Å². The van der Waals surface area contributed by atoms with E-state index >= 15 is 0 Å². The number of hydrogen-bond donors (Lipinski definition) is 2. The van der Waals surface area contributed by atoms with Gasteiger partial charge in [-0.3, -0.25) is 14.4 Å². The van der Waals surface area contributed by atoms with E-state index in [-0.39, 0.29) is 24.1 Å². The van der Waals surface area contributed by atoms with E-state index < -0.39 is 5.92 Å². The van der Waals surface area contributed by atoms with Gasteiger partial charge in [0.2, 0.25) is 17.7 Å². The van der Waals surface area contributed by atoms with Crippen LogP contribution in [0.25, 0.3) is 0 Å². The van der Waals surface area contributed by atoms with Crippen LogP contribution < -0.4 is 15.5 Å². The van der Waals surface area contributed by atoms with E-state index in [1.807, 2.05) is 37.4 Å². The zero-order valence-electron chi connectivity index (χ0n) is 16.1. The minimum atomic E-state index is -0.400. The third-order valence-electron chi connectivity index (χ3n) is 4.68. The first-order chi connectivity index (χ1) is 13.4. The molecular formula is C21H23N3O3S. The summed E-state index contributed by atoms with van der Waals surface area (Å²) in [5.41, 5.74) is 3.02. The average molecular weight is 398 g/mol. The Morgan fingerprint density at radius 2 is 1.82 bits per heavy atom. The third kappa shape index (κ3) is 4.54. The molecule has 2 N–H and O–H groups in total. The van der Waals surface area contributed by atoms with Crippen molar-refractivity contribution in [2.24, 2.45) is 5.92 Å². The van der Waals surface area contributed by atoms with Gasteiger partial charge in [-0.2, -0.15) is 0 Å². The number of rotatable bonds is 5. The van der Waals surface area contributed by atoms with Crippen molar-refractivity contribution in [3.63, 3.8) is 0 Å². The summed E-state index contributed by atoms with van der Waals surface area (Å²) in [5, 5.41) is 5.62. The second-order valence-corrected chi connectivity index (χ2v) is 7.68. The summed E-state index contributed by atoms with van der Waals surface area (Å²) >= 11 is 1.64. The van der Waals surface area contributed by atoms with Gasteiger partial charge < -0.3 is 15.5 Å². The molecule has 3 amide bonds. The number of nitrogens with one attached hydrogen (secondary N) is 2. The molecule has 28 heavy (non-hydrogen) atoms. The Morgan fingerprint density at radius 1 is 1.11 bits per heavy atom. The molecule has 1 saturated heterocycles. The quantitative estimate of drug-likeness (QED) is 0.755. The summed E-state index contributed by atoms with van der Waals surface area (Å²) in [7, 11) is 0. The maximum Gasteiger partial charge on any atom is 0.229 e. The molecule has 1 aliphatic heterocycles. The lowest BCUT2D eigenvalue weighted by molar-refractivity contribution is -0.122. The predicted molar refractivity (Wildman–Crippen MR) is 113 cm³/mol. The molecule has 6 nitrogen and oxygen atoms in total. The van der Waals surface area contributed by atoms with Crippen LogP contribution in [0.3, 0.4) is 0 Å². The molecule has 3 rings (SSSR count). The topological polar surface area (TPSA) is 78.5 Å². The first kappa shape index (κ1) is 19.9. The van der Waals surface area contributed by atoms with Gasteiger partial charge in [0.1, 0.15) is 0 Å². The number of thioether (sulfide) groups is 1. The molecule has 1 fully saturated rings. The summed E-state index contributed by atoms with van der Waals surface area (Å²) in [6, 6.07) is 13.1. The van der Waals surface area contributed by atoms with Crippen LogP contribution in [-0.4, -0.2) is 30.5 Å². The molecule has 0 bridgehead atoms. The summed E-state index contributed by atoms with van der Waals surface area (Å²) in [6.07, 6.45) is 2.19. The third-order valence-corrected chi connectivity index (χ3v) is 5.43. The van der Waals surface area contributed by atoms with Gasteiger partial charge in [0, 0.05) is 41.8 Å². The van der Waals surface area contributed by atoms with Gasteiger partial charge in [-0.05, 0) is 61.2 Å². The van der Waals surface area contributed by atoms with E-state index in [0.717, 1.165) is 16.1 Å². The molecule has 0 radical (unpaired) electrons. The van der Waals surface area contributed by atoms with Crippen molar-refractivity contribution in [1.82, 2.24) is 0 Å². The molecule has 0 aromatic heterocycles. The van der Waals surface area contributed by atoms with Gasteiger partial charge in [-0.25, -0.2) is 0 Å². The second kappa shape index (κ2) is 8.48. The largest absolute Gasteiger partial charge is 0.326 e. The van der Waals surface area contributed by atoms with E-state index in [1.165, 1.54) is 6.92 Å². The number of amides is 3. The fraction of sp³-hybridized carbons (Fsp3) is 0.286. The van der Waals surface area contributed by atoms with E-state index in [4.69, 9.17) is 0 Å². The van der Waals surface area contributed by atoms with Crippen molar-refractivity contribution in [3.05, 3.63) is 48.0 Å². The molecule has 2 aromatic carbocycles. The van der Waals surface area contributed by atoms with Crippen LogP contribution in [-0.2, 0) is 14.4 Å². The summed E-state index contributed by atoms with van der Waals surface area (Å²) < 4.78 is 0. The lowest BCUT2D eigenvalue weighted by Crippen LogP contribution is -2.28. The SMILES string of the molecule is CSc1ccc(N2CC(C(=O)Nc3ccc(NC(C)=O)c(C)c3)CC2=O)cc1. The number of carbonyl (C=O) groups is 3. The van der Waals surface area contributed by atoms with Crippen LogP contribution in [0.4, 0.5) is 17.1 Å². The first-order valence-corrected chi connectivity index (χ1v) is 10.2. The van der Waals surface area contributed by atoms with Crippen LogP contribution in [0.15, 0.2) is 47.4 Å². The fourth-order valence-corrected chi connectivity index (χ4v) is 3.62. The van der Waals surface area contributed by atoms with Crippen molar-refractivity contribution in [2.45, 2.75) is 25.2 Å². The van der Waals surface area contributed by atoms with Gasteiger partial charge in [0.15, 0.2) is 0 Å². The van der Waals surface area contributed by atoms with Crippen LogP contribution in [0.1, 0.15) is 18.9 Å². The lowest BCUT2D eigenvalue weighted by atomic mass is 10.1. The predicted octanol–water partition coefficient (Wildman–Crippen LogP) is 3.67. The maximum absolute atomic E-state index is 12.6. The van der Waals surface area contributed by atoms with Crippen LogP contribution >= 0.6 is 11.8 Å². The van der Waals surface area contributed by atoms with E-state index in [1.54, 1.807) is 34.9 Å². The number of nitrogens with zero attached hydrogens (tertiary/aromatic N) is 1. The molecule has 0 spiro atoms. The van der Waals surface area contributed by atoms with Gasteiger partial charge in [0.05, 0.1) is 5.92 Å². The number of anilines is 3. The van der Waals surface area contributed by atoms with Crippen molar-refractivity contribution in [2.75, 3.05) is 28.3 Å². The number of hydrogen-bond acceptors (Lipinski definition) is 4. The van der Waals surface area contributed by atoms with Crippen LogP contribution in [0.5, 0.6) is 0 Å². The van der Waals surface area contributed by atoms with Crippen molar-refractivity contribution in [1.29, 1.82) is 0 Å². The summed E-state index contributed by atoms with van der Waals surface area (Å²) in [5.74, 6) is -0.768. The minimum Gasteiger partial charge on any atom is -0.326 e. The Bertz CT molecular complexity index is 912. The number of benzene rings is 2. The van der Waals surface area contributed by atoms with E-state index in [9.17, 15) is 14.4 Å². The van der Waals surface area contributed by atoms with Crippen LogP contribution in [0, 0.1) is 12.8 Å². The summed E-state index contributed by atoms with van der Waals surface area (Å²) in [6.45, 7) is 3.68. The van der Waals surface area contributed by atoms with Crippen molar-refractivity contribution >= 4 is 46.5 Å². The summed E-state index contributed by atoms with van der Waals surface area (Å²) in [4.78, 5) is 39.0. The fourth-order valence-electron chi connectivity index (χ4n) is 3.21. The molecule has 2 aromatic rings. The average Bonchev–Trinajstić information content (AvgIpc) is 3.05. The molecule has 1 unspecified atom stereocenters. The molecule has 146 valence electrons. The Hall–Kier alpha value is -2.80. The zero-order valence-corrected chi connectivity index (χ0v) is 16.9. The smallest absolute Gasteiger partial charge is 0.229 e. The Kier molecular flexibility index (Phi) is 6.04. The monoisotopic (exact) mass is 397 g/mol. The second-order valence-electron chi connectivity index (χ2n) is 6.80. The molecule has 7 heteroatoms. The molecule has 1 heterocycles. The van der Waals surface area contributed by atoms with Crippen molar-refractivity contribution in [3.8, 4) is 0 Å². The van der Waals surface area contributed by atoms with Gasteiger partial charge in [-0.15, -0.1) is 11.8 Å². The standard InChI is InChI=1S/C21H23N3O3S/c1-13-10-16(4-9-19(13)22-14(2)25)23-21(27)15-11-20(26)24(12-15)17-5-7-18(28-3)8-6-17/h4-10,15H,11-12H2,1-3H3,(H,22,25)(H,23,27). The van der Waals surface area contributed by atoms with Crippen molar-refractivity contribution < 1.29 is 14.4 Å². The highest BCUT2D eigenvalue weighted by atomic mass is 32.2. The Labute approximate surface area is 168 Å². The number of carbonyl (C=O) groups excluding carboxylic acids is 3. The first-order valence-electron chi connectivity index (χ1n) is 9.01. The number of aryl methyl sites for hydroxylation is 1. The molecule has 1 aliphatic rings. The van der Waals surface area contributed by atoms with Gasteiger partial charge in [-0.1, -0.05) is 0 Å². The van der Waals surface area contributed by atoms with E-state index in [2.05, 4.69) is 10.6 Å². The van der Waals surface area contributed by atoms with Gasteiger partial charge in [0.25, 0.3) is 0 Å². The molecule has 0 saturated carbocycles. The highest BCUT2D eigenvalue weighted by Crippen LogP contribution is 2.28. The lowest BCUT2D eigenvalue weighted by Gasteiger charge is -2.17. The highest BCUT2D eigenvalue weighted by Gasteiger charge is 2.35. The Morgan fingerprint density at radius 3 is 2.43 bits per heavy atom. The van der Waals surface area contributed by atoms with Crippen LogP contribution in [0.2, 0.25) is 0 Å². The zero-order chi connectivity index (χ0) is 20.3. The normalized spacial score (nSPS) is 16.2. The molecule has 1 atom stereocenters. The maximum atomic E-state index is 12.6. The molecule has 0 aliphatic carbocycles. The minimum absolute atomic E-state index is 0.0470. The Balaban J connectivity index is 1.66. The van der Waals surface area contributed by atoms with E-state index in [0.29, 0.717) is 17.9 Å². The highest BCUT2D eigenvalue weighted by molar-refractivity contribution is 7.98. The molecular weight excluding hydrogens is 374 g/mol.